The van der Waals surface area contributed by atoms with Gasteiger partial charge in [0.15, 0.2) is 0 Å². The van der Waals surface area contributed by atoms with Gasteiger partial charge in [-0.1, -0.05) is 12.1 Å². The summed E-state index contributed by atoms with van der Waals surface area (Å²) in [5.74, 6) is 0.307. The lowest BCUT2D eigenvalue weighted by Crippen LogP contribution is -2.72. The van der Waals surface area contributed by atoms with Crippen molar-refractivity contribution in [1.29, 1.82) is 0 Å². The van der Waals surface area contributed by atoms with Crippen LogP contribution in [0.4, 0.5) is 0 Å². The van der Waals surface area contributed by atoms with Crippen LogP contribution in [0.15, 0.2) is 30.5 Å². The Kier molecular flexibility index (Phi) is 2.97. The monoisotopic (exact) mass is 285 g/mol. The summed E-state index contributed by atoms with van der Waals surface area (Å²) >= 11 is 0. The van der Waals surface area contributed by atoms with E-state index in [1.165, 1.54) is 0 Å². The molecule has 5 heteroatoms. The molecule has 110 valence electrons. The summed E-state index contributed by atoms with van der Waals surface area (Å²) in [5, 5.41) is 4.09. The second kappa shape index (κ2) is 4.86. The van der Waals surface area contributed by atoms with E-state index in [-0.39, 0.29) is 24.1 Å². The highest BCUT2D eigenvalue weighted by molar-refractivity contribution is 6.05. The highest BCUT2D eigenvalue weighted by atomic mass is 16.5. The summed E-state index contributed by atoms with van der Waals surface area (Å²) in [6, 6.07) is 7.60. The standard InChI is InChI=1S/C16H19N3O2/c17-12-10-5-2-8-21-15(10)14(12)19-16(20)11-4-1-3-9-6-7-18-13(9)11/h1,3-4,6-7,10,12,14-15,18H,2,5,8,17H2,(H,19,20). The number of benzene rings is 1. The van der Waals surface area contributed by atoms with Crippen molar-refractivity contribution in [2.24, 2.45) is 11.7 Å². The molecule has 1 amide bonds. The molecule has 1 aliphatic heterocycles. The minimum absolute atomic E-state index is 0.00194. The Morgan fingerprint density at radius 2 is 2.29 bits per heavy atom. The smallest absolute Gasteiger partial charge is 0.253 e. The Morgan fingerprint density at radius 1 is 1.38 bits per heavy atom. The van der Waals surface area contributed by atoms with E-state index in [0.29, 0.717) is 11.5 Å². The maximum atomic E-state index is 12.5. The predicted octanol–water partition coefficient (Wildman–Crippen LogP) is 1.40. The predicted molar refractivity (Wildman–Crippen MR) is 80.0 cm³/mol. The van der Waals surface area contributed by atoms with Gasteiger partial charge in [-0.05, 0) is 25.0 Å². The van der Waals surface area contributed by atoms with Gasteiger partial charge in [0.1, 0.15) is 0 Å². The van der Waals surface area contributed by atoms with E-state index >= 15 is 0 Å². The molecule has 0 bridgehead atoms. The molecular formula is C16H19N3O2. The molecule has 21 heavy (non-hydrogen) atoms. The zero-order valence-electron chi connectivity index (χ0n) is 11.7. The van der Waals surface area contributed by atoms with Crippen LogP contribution in [-0.4, -0.2) is 35.7 Å². The largest absolute Gasteiger partial charge is 0.376 e. The summed E-state index contributed by atoms with van der Waals surface area (Å²) in [4.78, 5) is 15.7. The quantitative estimate of drug-likeness (QED) is 0.780. The minimum atomic E-state index is -0.0869. The Bertz CT molecular complexity index is 681. The second-order valence-corrected chi connectivity index (χ2v) is 5.97. The van der Waals surface area contributed by atoms with Crippen molar-refractivity contribution < 1.29 is 9.53 Å². The molecule has 2 heterocycles. The molecule has 2 fully saturated rings. The maximum Gasteiger partial charge on any atom is 0.253 e. The Labute approximate surface area is 122 Å². The third-order valence-electron chi connectivity index (χ3n) is 4.81. The van der Waals surface area contributed by atoms with Crippen molar-refractivity contribution >= 4 is 16.8 Å². The number of nitrogens with one attached hydrogen (secondary N) is 2. The van der Waals surface area contributed by atoms with Gasteiger partial charge in [-0.2, -0.15) is 0 Å². The van der Waals surface area contributed by atoms with E-state index in [1.54, 1.807) is 0 Å². The number of hydrogen-bond acceptors (Lipinski definition) is 3. The molecule has 0 spiro atoms. The van der Waals surface area contributed by atoms with E-state index in [9.17, 15) is 4.79 Å². The number of fused-ring (bicyclic) bond motifs is 2. The number of para-hydroxylation sites is 1. The van der Waals surface area contributed by atoms with Crippen molar-refractivity contribution in [2.75, 3.05) is 6.61 Å². The number of hydrogen-bond donors (Lipinski definition) is 3. The van der Waals surface area contributed by atoms with E-state index in [0.717, 1.165) is 30.4 Å². The molecule has 4 unspecified atom stereocenters. The van der Waals surface area contributed by atoms with Crippen LogP contribution in [0.5, 0.6) is 0 Å². The van der Waals surface area contributed by atoms with Crippen LogP contribution >= 0.6 is 0 Å². The molecule has 4 atom stereocenters. The topological polar surface area (TPSA) is 80.1 Å². The molecule has 4 N–H and O–H groups in total. The molecule has 1 aromatic carbocycles. The fourth-order valence-electron chi connectivity index (χ4n) is 3.63. The second-order valence-electron chi connectivity index (χ2n) is 5.97. The number of nitrogens with two attached hydrogens (primary N) is 1. The molecule has 1 saturated heterocycles. The number of aromatic amines is 1. The van der Waals surface area contributed by atoms with Gasteiger partial charge in [-0.3, -0.25) is 4.79 Å². The van der Waals surface area contributed by atoms with Gasteiger partial charge >= 0.3 is 0 Å². The van der Waals surface area contributed by atoms with Gasteiger partial charge in [0, 0.05) is 30.1 Å². The van der Waals surface area contributed by atoms with Crippen LogP contribution in [0.3, 0.4) is 0 Å². The molecule has 1 saturated carbocycles. The lowest BCUT2D eigenvalue weighted by molar-refractivity contribution is -0.117. The van der Waals surface area contributed by atoms with Crippen molar-refractivity contribution in [3.63, 3.8) is 0 Å². The third kappa shape index (κ3) is 1.96. The molecular weight excluding hydrogens is 266 g/mol. The lowest BCUT2D eigenvalue weighted by atomic mass is 9.68. The van der Waals surface area contributed by atoms with Gasteiger partial charge in [0.25, 0.3) is 5.91 Å². The van der Waals surface area contributed by atoms with Crippen LogP contribution in [0.1, 0.15) is 23.2 Å². The molecule has 1 aliphatic carbocycles. The van der Waals surface area contributed by atoms with Crippen LogP contribution in [0.2, 0.25) is 0 Å². The van der Waals surface area contributed by atoms with Crippen molar-refractivity contribution in [1.82, 2.24) is 10.3 Å². The van der Waals surface area contributed by atoms with Crippen molar-refractivity contribution in [3.8, 4) is 0 Å². The summed E-state index contributed by atoms with van der Waals surface area (Å²) in [7, 11) is 0. The Hall–Kier alpha value is -1.85. The number of amides is 1. The maximum absolute atomic E-state index is 12.5. The summed E-state index contributed by atoms with van der Waals surface area (Å²) in [5.41, 5.74) is 7.72. The van der Waals surface area contributed by atoms with Crippen LogP contribution in [0, 0.1) is 5.92 Å². The zero-order chi connectivity index (χ0) is 14.4. The van der Waals surface area contributed by atoms with E-state index in [2.05, 4.69) is 10.3 Å². The van der Waals surface area contributed by atoms with Gasteiger partial charge in [0.2, 0.25) is 0 Å². The van der Waals surface area contributed by atoms with Crippen molar-refractivity contribution in [3.05, 3.63) is 36.0 Å². The molecule has 5 nitrogen and oxygen atoms in total. The van der Waals surface area contributed by atoms with Gasteiger partial charge in [-0.15, -0.1) is 0 Å². The average molecular weight is 285 g/mol. The molecule has 2 aromatic rings. The number of carbonyl (C=O) groups is 1. The minimum Gasteiger partial charge on any atom is -0.376 e. The SMILES string of the molecule is NC1C2CCCOC2C1NC(=O)c1cccc2cc[nH]c12. The zero-order valence-corrected chi connectivity index (χ0v) is 11.7. The summed E-state index contributed by atoms with van der Waals surface area (Å²) in [6.45, 7) is 0.770. The van der Waals surface area contributed by atoms with Crippen LogP contribution in [0.25, 0.3) is 10.9 Å². The molecule has 0 radical (unpaired) electrons. The third-order valence-corrected chi connectivity index (χ3v) is 4.81. The fraction of sp³-hybridized carbons (Fsp3) is 0.438. The van der Waals surface area contributed by atoms with Gasteiger partial charge < -0.3 is 20.8 Å². The Morgan fingerprint density at radius 3 is 3.19 bits per heavy atom. The first-order chi connectivity index (χ1) is 10.3. The first kappa shape index (κ1) is 12.9. The highest BCUT2D eigenvalue weighted by Crippen LogP contribution is 2.37. The van der Waals surface area contributed by atoms with Gasteiger partial charge in [0.05, 0.1) is 23.2 Å². The van der Waals surface area contributed by atoms with Crippen molar-refractivity contribution in [2.45, 2.75) is 31.0 Å². The molecule has 1 aromatic heterocycles. The summed E-state index contributed by atoms with van der Waals surface area (Å²) in [6.07, 6.45) is 4.10. The summed E-state index contributed by atoms with van der Waals surface area (Å²) < 4.78 is 5.77. The van der Waals surface area contributed by atoms with Gasteiger partial charge in [-0.25, -0.2) is 0 Å². The van der Waals surface area contributed by atoms with E-state index < -0.39 is 0 Å². The van der Waals surface area contributed by atoms with E-state index in [4.69, 9.17) is 10.5 Å². The Balaban J connectivity index is 1.55. The number of ether oxygens (including phenoxy) is 1. The number of H-pyrrole nitrogens is 1. The number of aromatic nitrogens is 1. The lowest BCUT2D eigenvalue weighted by Gasteiger charge is -2.52. The highest BCUT2D eigenvalue weighted by Gasteiger charge is 2.51. The first-order valence-corrected chi connectivity index (χ1v) is 7.50. The van der Waals surface area contributed by atoms with Crippen LogP contribution in [-0.2, 0) is 4.74 Å². The first-order valence-electron chi connectivity index (χ1n) is 7.50. The van der Waals surface area contributed by atoms with E-state index in [1.807, 2.05) is 30.5 Å². The number of carbonyl (C=O) groups excluding carboxylic acids is 1. The molecule has 4 rings (SSSR count). The number of rotatable bonds is 2. The van der Waals surface area contributed by atoms with Crippen LogP contribution < -0.4 is 11.1 Å². The average Bonchev–Trinajstić information content (AvgIpc) is 3.00. The normalized spacial score (nSPS) is 31.5. The molecule has 2 aliphatic rings. The fourth-order valence-corrected chi connectivity index (χ4v) is 3.63.